The van der Waals surface area contributed by atoms with E-state index in [4.69, 9.17) is 14.2 Å². The number of fused-ring (bicyclic) bond motifs is 1. The number of methoxy groups -OCH3 is 1. The van der Waals surface area contributed by atoms with E-state index < -0.39 is 12.0 Å². The molecule has 1 N–H and O–H groups in total. The second-order valence-electron chi connectivity index (χ2n) is 5.65. The Morgan fingerprint density at radius 2 is 2.17 bits per heavy atom. The number of aliphatic carboxylic acids is 1. The quantitative estimate of drug-likeness (QED) is 0.875. The average Bonchev–Trinajstić information content (AvgIpc) is 2.60. The fourth-order valence-electron chi connectivity index (χ4n) is 2.94. The SMILES string of the molecule is COc1ccc2c(c1)OC[C@@H](C(=O)N1CCOC[C@@H]1C(=O)O)C2. The molecule has 2 atom stereocenters. The van der Waals surface area contributed by atoms with Crippen molar-refractivity contribution in [2.24, 2.45) is 5.92 Å². The lowest BCUT2D eigenvalue weighted by molar-refractivity contribution is -0.161. The van der Waals surface area contributed by atoms with Gasteiger partial charge in [-0.3, -0.25) is 4.79 Å². The van der Waals surface area contributed by atoms with Crippen molar-refractivity contribution in [2.75, 3.05) is 33.5 Å². The Labute approximate surface area is 133 Å². The highest BCUT2D eigenvalue weighted by atomic mass is 16.5. The second kappa shape index (κ2) is 6.45. The van der Waals surface area contributed by atoms with Crippen molar-refractivity contribution in [3.05, 3.63) is 23.8 Å². The Morgan fingerprint density at radius 3 is 2.91 bits per heavy atom. The number of hydrogen-bond donors (Lipinski definition) is 1. The van der Waals surface area contributed by atoms with Crippen LogP contribution in [0.15, 0.2) is 18.2 Å². The third kappa shape index (κ3) is 3.10. The van der Waals surface area contributed by atoms with E-state index >= 15 is 0 Å². The topological polar surface area (TPSA) is 85.3 Å². The molecule has 23 heavy (non-hydrogen) atoms. The van der Waals surface area contributed by atoms with Gasteiger partial charge in [0.15, 0.2) is 6.04 Å². The third-order valence-corrected chi connectivity index (χ3v) is 4.23. The number of carbonyl (C=O) groups is 2. The Balaban J connectivity index is 1.74. The smallest absolute Gasteiger partial charge is 0.328 e. The summed E-state index contributed by atoms with van der Waals surface area (Å²) in [6.45, 7) is 0.920. The number of carboxylic acid groups (broad SMARTS) is 1. The molecule has 1 fully saturated rings. The predicted molar refractivity (Wildman–Crippen MR) is 79.6 cm³/mol. The van der Waals surface area contributed by atoms with E-state index in [1.807, 2.05) is 12.1 Å². The minimum atomic E-state index is -1.04. The van der Waals surface area contributed by atoms with Crippen LogP contribution in [-0.4, -0.2) is 61.4 Å². The number of carboxylic acids is 1. The number of benzene rings is 1. The monoisotopic (exact) mass is 321 g/mol. The molecule has 1 amide bonds. The van der Waals surface area contributed by atoms with Crippen molar-refractivity contribution in [3.8, 4) is 11.5 Å². The summed E-state index contributed by atoms with van der Waals surface area (Å²) in [6, 6.07) is 4.57. The fourth-order valence-corrected chi connectivity index (χ4v) is 2.94. The zero-order valence-corrected chi connectivity index (χ0v) is 12.9. The first-order valence-electron chi connectivity index (χ1n) is 7.51. The normalized spacial score (nSPS) is 23.6. The minimum Gasteiger partial charge on any atom is -0.497 e. The standard InChI is InChI=1S/C16H19NO6/c1-21-12-3-2-10-6-11(8-23-14(10)7-12)15(18)17-4-5-22-9-13(17)16(19)20/h2-3,7,11,13H,4-6,8-9H2,1H3,(H,19,20)/t11-,13+/m0/s1. The molecule has 0 unspecified atom stereocenters. The maximum Gasteiger partial charge on any atom is 0.328 e. The number of hydrogen-bond acceptors (Lipinski definition) is 5. The number of carbonyl (C=O) groups excluding carboxylic acids is 1. The second-order valence-corrected chi connectivity index (χ2v) is 5.65. The minimum absolute atomic E-state index is 0.0302. The van der Waals surface area contributed by atoms with Crippen molar-refractivity contribution in [1.29, 1.82) is 0 Å². The molecular formula is C16H19NO6. The molecule has 1 aromatic rings. The highest BCUT2D eigenvalue weighted by molar-refractivity contribution is 5.86. The Bertz CT molecular complexity index is 617. The van der Waals surface area contributed by atoms with E-state index in [-0.39, 0.29) is 25.0 Å². The molecule has 0 saturated carbocycles. The molecule has 7 nitrogen and oxygen atoms in total. The van der Waals surface area contributed by atoms with Gasteiger partial charge < -0.3 is 24.2 Å². The molecular weight excluding hydrogens is 302 g/mol. The van der Waals surface area contributed by atoms with E-state index in [1.54, 1.807) is 13.2 Å². The third-order valence-electron chi connectivity index (χ3n) is 4.23. The summed E-state index contributed by atoms with van der Waals surface area (Å²) < 4.78 is 16.0. The summed E-state index contributed by atoms with van der Waals surface area (Å²) in [5.74, 6) is -0.198. The first kappa shape index (κ1) is 15.6. The zero-order chi connectivity index (χ0) is 16.4. The Morgan fingerprint density at radius 1 is 1.35 bits per heavy atom. The van der Waals surface area contributed by atoms with E-state index in [2.05, 4.69) is 0 Å². The van der Waals surface area contributed by atoms with E-state index in [1.165, 1.54) is 4.90 Å². The number of amides is 1. The van der Waals surface area contributed by atoms with Gasteiger partial charge in [0.25, 0.3) is 0 Å². The van der Waals surface area contributed by atoms with Gasteiger partial charge in [0.05, 0.1) is 26.2 Å². The molecule has 0 bridgehead atoms. The summed E-state index contributed by atoms with van der Waals surface area (Å²) in [7, 11) is 1.58. The molecule has 1 aromatic carbocycles. The predicted octanol–water partition coefficient (Wildman–Crippen LogP) is 0.558. The highest BCUT2D eigenvalue weighted by Gasteiger charge is 2.37. The molecule has 2 aliphatic heterocycles. The molecule has 2 aliphatic rings. The first-order chi connectivity index (χ1) is 11.1. The number of morpholine rings is 1. The maximum atomic E-state index is 12.7. The Kier molecular flexibility index (Phi) is 4.38. The Hall–Kier alpha value is -2.28. The maximum absolute atomic E-state index is 12.7. The van der Waals surface area contributed by atoms with Gasteiger partial charge in [-0.25, -0.2) is 4.79 Å². The van der Waals surface area contributed by atoms with E-state index in [9.17, 15) is 14.7 Å². The van der Waals surface area contributed by atoms with Gasteiger partial charge in [-0.1, -0.05) is 6.07 Å². The van der Waals surface area contributed by atoms with Crippen LogP contribution in [0.5, 0.6) is 11.5 Å². The van der Waals surface area contributed by atoms with Gasteiger partial charge in [-0.2, -0.15) is 0 Å². The lowest BCUT2D eigenvalue weighted by atomic mass is 9.94. The molecule has 3 rings (SSSR count). The van der Waals surface area contributed by atoms with E-state index in [0.717, 1.165) is 5.56 Å². The molecule has 0 spiro atoms. The molecule has 0 aliphatic carbocycles. The van der Waals surface area contributed by atoms with Gasteiger partial charge in [0.1, 0.15) is 18.1 Å². The van der Waals surface area contributed by atoms with Crippen LogP contribution < -0.4 is 9.47 Å². The van der Waals surface area contributed by atoms with Crippen LogP contribution in [0, 0.1) is 5.92 Å². The average molecular weight is 321 g/mol. The van der Waals surface area contributed by atoms with Crippen LogP contribution in [0.4, 0.5) is 0 Å². The summed E-state index contributed by atoms with van der Waals surface area (Å²) in [6.07, 6.45) is 0.530. The molecule has 2 heterocycles. The van der Waals surface area contributed by atoms with Crippen LogP contribution in [0.25, 0.3) is 0 Å². The number of ether oxygens (including phenoxy) is 3. The number of rotatable bonds is 3. The number of nitrogens with zero attached hydrogens (tertiary/aromatic N) is 1. The highest BCUT2D eigenvalue weighted by Crippen LogP contribution is 2.32. The lowest BCUT2D eigenvalue weighted by Gasteiger charge is -2.36. The summed E-state index contributed by atoms with van der Waals surface area (Å²) in [4.78, 5) is 25.4. The van der Waals surface area contributed by atoms with Crippen molar-refractivity contribution in [1.82, 2.24) is 4.90 Å². The van der Waals surface area contributed by atoms with Crippen LogP contribution >= 0.6 is 0 Å². The first-order valence-corrected chi connectivity index (χ1v) is 7.51. The molecule has 0 aromatic heterocycles. The summed E-state index contributed by atoms with van der Waals surface area (Å²) in [5.41, 5.74) is 0.926. The largest absolute Gasteiger partial charge is 0.497 e. The van der Waals surface area contributed by atoms with Gasteiger partial charge in [-0.15, -0.1) is 0 Å². The van der Waals surface area contributed by atoms with E-state index in [0.29, 0.717) is 31.1 Å². The zero-order valence-electron chi connectivity index (χ0n) is 12.9. The van der Waals surface area contributed by atoms with Gasteiger partial charge in [0.2, 0.25) is 5.91 Å². The summed E-state index contributed by atoms with van der Waals surface area (Å²) >= 11 is 0. The van der Waals surface area contributed by atoms with Gasteiger partial charge in [-0.05, 0) is 18.1 Å². The van der Waals surface area contributed by atoms with Crippen molar-refractivity contribution in [3.63, 3.8) is 0 Å². The van der Waals surface area contributed by atoms with Crippen molar-refractivity contribution in [2.45, 2.75) is 12.5 Å². The summed E-state index contributed by atoms with van der Waals surface area (Å²) in [5, 5.41) is 9.25. The van der Waals surface area contributed by atoms with Gasteiger partial charge in [0, 0.05) is 12.6 Å². The van der Waals surface area contributed by atoms with Crippen LogP contribution in [0.3, 0.4) is 0 Å². The molecule has 124 valence electrons. The molecule has 7 heteroatoms. The lowest BCUT2D eigenvalue weighted by Crippen LogP contribution is -2.55. The molecule has 0 radical (unpaired) electrons. The molecule has 1 saturated heterocycles. The van der Waals surface area contributed by atoms with Crippen LogP contribution in [-0.2, 0) is 20.7 Å². The van der Waals surface area contributed by atoms with Crippen LogP contribution in [0.2, 0.25) is 0 Å². The van der Waals surface area contributed by atoms with Gasteiger partial charge >= 0.3 is 5.97 Å². The van der Waals surface area contributed by atoms with Crippen molar-refractivity contribution < 1.29 is 28.9 Å². The van der Waals surface area contributed by atoms with Crippen LogP contribution in [0.1, 0.15) is 5.56 Å². The van der Waals surface area contributed by atoms with Crippen molar-refractivity contribution >= 4 is 11.9 Å². The fraction of sp³-hybridized carbons (Fsp3) is 0.500.